The van der Waals surface area contributed by atoms with Crippen LogP contribution in [0.15, 0.2) is 22.8 Å². The molecule has 2 heteroatoms. The Bertz CT molecular complexity index is 304. The number of furan rings is 1. The summed E-state index contributed by atoms with van der Waals surface area (Å²) in [4.78, 5) is 0. The minimum Gasteiger partial charge on any atom is -0.467 e. The van der Waals surface area contributed by atoms with Gasteiger partial charge in [0.05, 0.1) is 6.26 Å². The van der Waals surface area contributed by atoms with E-state index in [0.29, 0.717) is 5.92 Å². The fourth-order valence-electron chi connectivity index (χ4n) is 3.35. The standard InChI is InChI=1S/C12H16O2/c13-12(11-2-1-5-14-11)10-7-8-3-4-9(10)6-8/h1-2,5,8-10,12-13H,3-4,6-7H2/t8?,9?,10?,12-/m0/s1. The highest BCUT2D eigenvalue weighted by atomic mass is 16.4. The van der Waals surface area contributed by atoms with E-state index < -0.39 is 0 Å². The van der Waals surface area contributed by atoms with Crippen LogP contribution in [0.2, 0.25) is 0 Å². The molecule has 2 aliphatic rings. The van der Waals surface area contributed by atoms with Crippen LogP contribution in [0.1, 0.15) is 37.5 Å². The summed E-state index contributed by atoms with van der Waals surface area (Å²) in [5.74, 6) is 2.84. The summed E-state index contributed by atoms with van der Waals surface area (Å²) in [5, 5.41) is 10.1. The van der Waals surface area contributed by atoms with Crippen molar-refractivity contribution in [3.05, 3.63) is 24.2 Å². The Balaban J connectivity index is 1.77. The summed E-state index contributed by atoms with van der Waals surface area (Å²) in [6, 6.07) is 3.74. The number of fused-ring (bicyclic) bond motifs is 2. The largest absolute Gasteiger partial charge is 0.467 e. The van der Waals surface area contributed by atoms with Gasteiger partial charge in [0, 0.05) is 0 Å². The van der Waals surface area contributed by atoms with Crippen LogP contribution in [0, 0.1) is 17.8 Å². The normalized spacial score (nSPS) is 37.6. The fraction of sp³-hybridized carbons (Fsp3) is 0.667. The molecule has 4 atom stereocenters. The minimum absolute atomic E-state index is 0.361. The molecule has 1 aromatic rings. The zero-order valence-electron chi connectivity index (χ0n) is 8.23. The molecule has 76 valence electrons. The van der Waals surface area contributed by atoms with Gasteiger partial charge in [0.15, 0.2) is 0 Å². The molecule has 2 bridgehead atoms. The molecule has 0 aliphatic heterocycles. The van der Waals surface area contributed by atoms with Gasteiger partial charge >= 0.3 is 0 Å². The lowest BCUT2D eigenvalue weighted by atomic mass is 9.84. The molecule has 2 aliphatic carbocycles. The third-order valence-electron chi connectivity index (χ3n) is 4.03. The van der Waals surface area contributed by atoms with Crippen LogP contribution in [0.25, 0.3) is 0 Å². The summed E-state index contributed by atoms with van der Waals surface area (Å²) in [7, 11) is 0. The van der Waals surface area contributed by atoms with Crippen LogP contribution in [0.4, 0.5) is 0 Å². The van der Waals surface area contributed by atoms with E-state index >= 15 is 0 Å². The lowest BCUT2D eigenvalue weighted by Gasteiger charge is -2.25. The van der Waals surface area contributed by atoms with Crippen LogP contribution in [-0.2, 0) is 0 Å². The molecule has 0 aromatic carbocycles. The van der Waals surface area contributed by atoms with Crippen LogP contribution in [-0.4, -0.2) is 5.11 Å². The van der Waals surface area contributed by atoms with Crippen molar-refractivity contribution in [2.24, 2.45) is 17.8 Å². The maximum Gasteiger partial charge on any atom is 0.132 e. The van der Waals surface area contributed by atoms with E-state index in [4.69, 9.17) is 4.42 Å². The minimum atomic E-state index is -0.361. The summed E-state index contributed by atoms with van der Waals surface area (Å²) in [5.41, 5.74) is 0. The lowest BCUT2D eigenvalue weighted by Crippen LogP contribution is -2.18. The summed E-state index contributed by atoms with van der Waals surface area (Å²) >= 11 is 0. The summed E-state index contributed by atoms with van der Waals surface area (Å²) in [6.45, 7) is 0. The van der Waals surface area contributed by atoms with Crippen molar-refractivity contribution in [1.82, 2.24) is 0 Å². The zero-order chi connectivity index (χ0) is 9.54. The predicted octanol–water partition coefficient (Wildman–Crippen LogP) is 2.75. The number of hydrogen-bond donors (Lipinski definition) is 1. The maximum atomic E-state index is 10.1. The molecule has 1 aromatic heterocycles. The first-order valence-corrected chi connectivity index (χ1v) is 5.56. The quantitative estimate of drug-likeness (QED) is 0.781. The summed E-state index contributed by atoms with van der Waals surface area (Å²) < 4.78 is 5.27. The first-order valence-electron chi connectivity index (χ1n) is 5.56. The Morgan fingerprint density at radius 2 is 2.29 bits per heavy atom. The van der Waals surface area contributed by atoms with Crippen molar-refractivity contribution in [3.8, 4) is 0 Å². The van der Waals surface area contributed by atoms with Crippen LogP contribution >= 0.6 is 0 Å². The molecule has 0 spiro atoms. The highest BCUT2D eigenvalue weighted by Crippen LogP contribution is 2.52. The van der Waals surface area contributed by atoms with Gasteiger partial charge in [-0.3, -0.25) is 0 Å². The molecule has 2 nitrogen and oxygen atoms in total. The van der Waals surface area contributed by atoms with E-state index in [1.807, 2.05) is 12.1 Å². The second-order valence-corrected chi connectivity index (χ2v) is 4.80. The van der Waals surface area contributed by atoms with Crippen molar-refractivity contribution in [2.75, 3.05) is 0 Å². The second-order valence-electron chi connectivity index (χ2n) is 4.80. The third kappa shape index (κ3) is 1.21. The van der Waals surface area contributed by atoms with E-state index in [9.17, 15) is 5.11 Å². The van der Waals surface area contributed by atoms with Gasteiger partial charge in [0.2, 0.25) is 0 Å². The molecular formula is C12H16O2. The topological polar surface area (TPSA) is 33.4 Å². The molecule has 0 amide bonds. The molecule has 0 radical (unpaired) electrons. The van der Waals surface area contributed by atoms with Gasteiger partial charge in [0.25, 0.3) is 0 Å². The highest BCUT2D eigenvalue weighted by Gasteiger charge is 2.43. The first kappa shape index (κ1) is 8.54. The van der Waals surface area contributed by atoms with Crippen molar-refractivity contribution >= 4 is 0 Å². The third-order valence-corrected chi connectivity index (χ3v) is 4.03. The van der Waals surface area contributed by atoms with Gasteiger partial charge in [-0.05, 0) is 49.1 Å². The van der Waals surface area contributed by atoms with E-state index in [1.54, 1.807) is 6.26 Å². The Labute approximate surface area is 83.9 Å². The van der Waals surface area contributed by atoms with Gasteiger partial charge in [-0.2, -0.15) is 0 Å². The van der Waals surface area contributed by atoms with Crippen LogP contribution in [0.3, 0.4) is 0 Å². The van der Waals surface area contributed by atoms with E-state index in [-0.39, 0.29) is 6.10 Å². The van der Waals surface area contributed by atoms with E-state index in [1.165, 1.54) is 25.7 Å². The highest BCUT2D eigenvalue weighted by molar-refractivity contribution is 5.06. The fourth-order valence-corrected chi connectivity index (χ4v) is 3.35. The number of aliphatic hydroxyl groups is 1. The zero-order valence-corrected chi connectivity index (χ0v) is 8.23. The van der Waals surface area contributed by atoms with Crippen molar-refractivity contribution in [3.63, 3.8) is 0 Å². The van der Waals surface area contributed by atoms with Crippen molar-refractivity contribution in [1.29, 1.82) is 0 Å². The number of rotatable bonds is 2. The lowest BCUT2D eigenvalue weighted by molar-refractivity contribution is 0.0559. The molecule has 2 saturated carbocycles. The van der Waals surface area contributed by atoms with Crippen molar-refractivity contribution < 1.29 is 9.52 Å². The average Bonchev–Trinajstić information content (AvgIpc) is 2.93. The van der Waals surface area contributed by atoms with E-state index in [0.717, 1.165) is 17.6 Å². The second kappa shape index (κ2) is 3.13. The van der Waals surface area contributed by atoms with Gasteiger partial charge in [0.1, 0.15) is 11.9 Å². The Morgan fingerprint density at radius 1 is 1.36 bits per heavy atom. The van der Waals surface area contributed by atoms with Gasteiger partial charge in [-0.15, -0.1) is 0 Å². The van der Waals surface area contributed by atoms with Crippen molar-refractivity contribution in [2.45, 2.75) is 31.8 Å². The van der Waals surface area contributed by atoms with E-state index in [2.05, 4.69) is 0 Å². The molecule has 3 unspecified atom stereocenters. The molecule has 14 heavy (non-hydrogen) atoms. The molecule has 0 saturated heterocycles. The molecule has 2 fully saturated rings. The number of hydrogen-bond acceptors (Lipinski definition) is 2. The molecule has 3 rings (SSSR count). The molecule has 1 heterocycles. The van der Waals surface area contributed by atoms with Gasteiger partial charge in [-0.1, -0.05) is 6.42 Å². The van der Waals surface area contributed by atoms with Gasteiger partial charge < -0.3 is 9.52 Å². The molecule has 1 N–H and O–H groups in total. The Kier molecular flexibility index (Phi) is 1.91. The SMILES string of the molecule is O[C@H](c1ccco1)C1CC2CCC1C2. The van der Waals surface area contributed by atoms with Gasteiger partial charge in [-0.25, -0.2) is 0 Å². The van der Waals surface area contributed by atoms with Crippen LogP contribution < -0.4 is 0 Å². The summed E-state index contributed by atoms with van der Waals surface area (Å²) in [6.07, 6.45) is 6.51. The Morgan fingerprint density at radius 3 is 2.86 bits per heavy atom. The monoisotopic (exact) mass is 192 g/mol. The molecular weight excluding hydrogens is 176 g/mol. The smallest absolute Gasteiger partial charge is 0.132 e. The number of aliphatic hydroxyl groups excluding tert-OH is 1. The average molecular weight is 192 g/mol. The first-order chi connectivity index (χ1) is 6.84. The van der Waals surface area contributed by atoms with Crippen LogP contribution in [0.5, 0.6) is 0 Å². The Hall–Kier alpha value is -0.760. The maximum absolute atomic E-state index is 10.1. The predicted molar refractivity (Wildman–Crippen MR) is 52.6 cm³/mol.